The lowest BCUT2D eigenvalue weighted by Crippen LogP contribution is -2.27. The number of amides is 2. The molecular formula is C31H28N2O4. The first-order valence-corrected chi connectivity index (χ1v) is 11.9. The minimum Gasteiger partial charge on any atom is -0.461 e. The fourth-order valence-electron chi connectivity index (χ4n) is 4.00. The van der Waals surface area contributed by atoms with Gasteiger partial charge in [-0.25, -0.2) is 0 Å². The first-order chi connectivity index (χ1) is 17.8. The van der Waals surface area contributed by atoms with Crippen LogP contribution in [0.3, 0.4) is 0 Å². The van der Waals surface area contributed by atoms with Gasteiger partial charge in [-0.1, -0.05) is 66.2 Å². The summed E-state index contributed by atoms with van der Waals surface area (Å²) in [6.07, 6.45) is 0. The summed E-state index contributed by atoms with van der Waals surface area (Å²) in [7, 11) is 1.67. The molecule has 0 heterocycles. The van der Waals surface area contributed by atoms with E-state index in [-0.39, 0.29) is 24.4 Å². The third-order valence-corrected chi connectivity index (χ3v) is 6.01. The monoisotopic (exact) mass is 492 g/mol. The van der Waals surface area contributed by atoms with E-state index in [1.165, 1.54) is 11.8 Å². The predicted octanol–water partition coefficient (Wildman–Crippen LogP) is 6.25. The van der Waals surface area contributed by atoms with Gasteiger partial charge in [0, 0.05) is 36.3 Å². The number of rotatable bonds is 7. The fourth-order valence-corrected chi connectivity index (χ4v) is 4.00. The number of para-hydroxylation sites is 1. The van der Waals surface area contributed by atoms with Crippen molar-refractivity contribution >= 4 is 29.2 Å². The third kappa shape index (κ3) is 6.11. The summed E-state index contributed by atoms with van der Waals surface area (Å²) in [5.74, 6) is -0.840. The van der Waals surface area contributed by atoms with Crippen molar-refractivity contribution < 1.29 is 19.1 Å². The van der Waals surface area contributed by atoms with E-state index in [2.05, 4.69) is 5.32 Å². The average Bonchev–Trinajstić information content (AvgIpc) is 2.92. The highest BCUT2D eigenvalue weighted by atomic mass is 16.5. The molecule has 0 bridgehead atoms. The normalized spacial score (nSPS) is 10.5. The molecule has 0 saturated carbocycles. The zero-order valence-electron chi connectivity index (χ0n) is 21.0. The van der Waals surface area contributed by atoms with Crippen LogP contribution in [0.2, 0.25) is 0 Å². The van der Waals surface area contributed by atoms with Gasteiger partial charge in [-0.05, 0) is 54.4 Å². The molecule has 0 fully saturated rings. The number of carbonyl (C=O) groups excluding carboxylic acids is 3. The maximum absolute atomic E-state index is 13.1. The van der Waals surface area contributed by atoms with Gasteiger partial charge in [-0.15, -0.1) is 0 Å². The number of carbonyl (C=O) groups is 3. The molecule has 0 atom stereocenters. The molecule has 186 valence electrons. The second-order valence-corrected chi connectivity index (χ2v) is 8.72. The highest BCUT2D eigenvalue weighted by Gasteiger charge is 2.18. The van der Waals surface area contributed by atoms with Crippen LogP contribution in [-0.4, -0.2) is 24.8 Å². The average molecular weight is 493 g/mol. The lowest BCUT2D eigenvalue weighted by Gasteiger charge is -2.21. The van der Waals surface area contributed by atoms with E-state index in [1.807, 2.05) is 67.6 Å². The van der Waals surface area contributed by atoms with E-state index in [9.17, 15) is 14.4 Å². The maximum Gasteiger partial charge on any atom is 0.302 e. The van der Waals surface area contributed by atoms with Crippen LogP contribution >= 0.6 is 0 Å². The Morgan fingerprint density at radius 2 is 1.46 bits per heavy atom. The number of anilines is 2. The SMILES string of the molecule is CC(=O)OCc1ccccc1N(C)C(=O)c1ccc(NC(=O)c2ccccc2-c2ccc(C)cc2)cc1. The number of hydrogen-bond acceptors (Lipinski definition) is 4. The second-order valence-electron chi connectivity index (χ2n) is 8.72. The third-order valence-electron chi connectivity index (χ3n) is 6.01. The second kappa shape index (κ2) is 11.4. The van der Waals surface area contributed by atoms with Crippen LogP contribution in [-0.2, 0) is 16.1 Å². The lowest BCUT2D eigenvalue weighted by molar-refractivity contribution is -0.142. The van der Waals surface area contributed by atoms with Gasteiger partial charge < -0.3 is 15.0 Å². The molecule has 1 N–H and O–H groups in total. The molecule has 37 heavy (non-hydrogen) atoms. The van der Waals surface area contributed by atoms with Crippen LogP contribution in [0.1, 0.15) is 38.8 Å². The zero-order valence-corrected chi connectivity index (χ0v) is 21.0. The van der Waals surface area contributed by atoms with Crippen LogP contribution in [0.5, 0.6) is 0 Å². The zero-order chi connectivity index (χ0) is 26.4. The Morgan fingerprint density at radius 3 is 2.16 bits per heavy atom. The number of nitrogens with one attached hydrogen (secondary N) is 1. The molecule has 0 aromatic heterocycles. The van der Waals surface area contributed by atoms with Gasteiger partial charge in [-0.2, -0.15) is 0 Å². The molecule has 6 heteroatoms. The molecule has 4 rings (SSSR count). The summed E-state index contributed by atoms with van der Waals surface area (Å²) >= 11 is 0. The molecule has 0 spiro atoms. The van der Waals surface area contributed by atoms with Crippen LogP contribution in [0.25, 0.3) is 11.1 Å². The Kier molecular flexibility index (Phi) is 7.79. The predicted molar refractivity (Wildman–Crippen MR) is 146 cm³/mol. The fraction of sp³-hybridized carbons (Fsp3) is 0.129. The summed E-state index contributed by atoms with van der Waals surface area (Å²) in [4.78, 5) is 39.0. The summed E-state index contributed by atoms with van der Waals surface area (Å²) < 4.78 is 5.12. The minimum atomic E-state index is -0.386. The highest BCUT2D eigenvalue weighted by molar-refractivity contribution is 6.09. The van der Waals surface area contributed by atoms with E-state index >= 15 is 0 Å². The Hall–Kier alpha value is -4.71. The molecule has 0 aliphatic carbocycles. The topological polar surface area (TPSA) is 75.7 Å². The van der Waals surface area contributed by atoms with Crippen molar-refractivity contribution in [2.24, 2.45) is 0 Å². The Morgan fingerprint density at radius 1 is 0.811 bits per heavy atom. The lowest BCUT2D eigenvalue weighted by atomic mass is 9.98. The summed E-state index contributed by atoms with van der Waals surface area (Å²) in [6, 6.07) is 29.5. The summed E-state index contributed by atoms with van der Waals surface area (Å²) in [5.41, 5.74) is 5.95. The van der Waals surface area contributed by atoms with Crippen LogP contribution in [0.4, 0.5) is 11.4 Å². The maximum atomic E-state index is 13.1. The first kappa shape index (κ1) is 25.4. The van der Waals surface area contributed by atoms with Crippen molar-refractivity contribution in [3.05, 3.63) is 119 Å². The van der Waals surface area contributed by atoms with Gasteiger partial charge in [0.05, 0.1) is 5.69 Å². The van der Waals surface area contributed by atoms with Crippen LogP contribution in [0.15, 0.2) is 97.1 Å². The van der Waals surface area contributed by atoms with Crippen LogP contribution < -0.4 is 10.2 Å². The number of ether oxygens (including phenoxy) is 1. The van der Waals surface area contributed by atoms with Gasteiger partial charge >= 0.3 is 5.97 Å². The molecule has 4 aromatic rings. The van der Waals surface area contributed by atoms with E-state index in [4.69, 9.17) is 4.74 Å². The largest absolute Gasteiger partial charge is 0.461 e. The van der Waals surface area contributed by atoms with Gasteiger partial charge in [0.2, 0.25) is 0 Å². The van der Waals surface area contributed by atoms with Crippen molar-refractivity contribution in [3.63, 3.8) is 0 Å². The number of benzene rings is 4. The number of nitrogens with zero attached hydrogens (tertiary/aromatic N) is 1. The molecule has 0 saturated heterocycles. The van der Waals surface area contributed by atoms with Crippen molar-refractivity contribution in [2.45, 2.75) is 20.5 Å². The van der Waals surface area contributed by atoms with Gasteiger partial charge in [0.25, 0.3) is 11.8 Å². The van der Waals surface area contributed by atoms with E-state index < -0.39 is 0 Å². The van der Waals surface area contributed by atoms with Crippen molar-refractivity contribution in [1.29, 1.82) is 0 Å². The first-order valence-electron chi connectivity index (χ1n) is 11.9. The number of hydrogen-bond donors (Lipinski definition) is 1. The molecule has 6 nitrogen and oxygen atoms in total. The number of aryl methyl sites for hydroxylation is 1. The minimum absolute atomic E-state index is 0.0815. The summed E-state index contributed by atoms with van der Waals surface area (Å²) in [5, 5.41) is 2.93. The highest BCUT2D eigenvalue weighted by Crippen LogP contribution is 2.26. The molecular weight excluding hydrogens is 464 g/mol. The molecule has 0 aliphatic rings. The smallest absolute Gasteiger partial charge is 0.302 e. The molecule has 4 aromatic carbocycles. The Labute approximate surface area is 216 Å². The Bertz CT molecular complexity index is 1430. The van der Waals surface area contributed by atoms with E-state index in [1.54, 1.807) is 43.4 Å². The molecule has 0 aliphatic heterocycles. The quantitative estimate of drug-likeness (QED) is 0.309. The van der Waals surface area contributed by atoms with Crippen molar-refractivity contribution in [1.82, 2.24) is 0 Å². The van der Waals surface area contributed by atoms with E-state index in [0.29, 0.717) is 22.5 Å². The standard InChI is InChI=1S/C31H28N2O4/c1-21-12-14-23(15-13-21)27-9-5-6-10-28(27)30(35)32-26-18-16-24(17-19-26)31(36)33(3)29-11-7-4-8-25(29)20-37-22(2)34/h4-19H,20H2,1-3H3,(H,32,35). The van der Waals surface area contributed by atoms with Gasteiger partial charge in [0.15, 0.2) is 0 Å². The van der Waals surface area contributed by atoms with Gasteiger partial charge in [0.1, 0.15) is 6.61 Å². The molecule has 2 amide bonds. The van der Waals surface area contributed by atoms with Crippen molar-refractivity contribution in [3.8, 4) is 11.1 Å². The van der Waals surface area contributed by atoms with Crippen molar-refractivity contribution in [2.75, 3.05) is 17.3 Å². The summed E-state index contributed by atoms with van der Waals surface area (Å²) in [6.45, 7) is 3.45. The van der Waals surface area contributed by atoms with Gasteiger partial charge in [-0.3, -0.25) is 14.4 Å². The van der Waals surface area contributed by atoms with Crippen LogP contribution in [0, 0.1) is 6.92 Å². The van der Waals surface area contributed by atoms with E-state index in [0.717, 1.165) is 22.3 Å². The molecule has 0 radical (unpaired) electrons. The Balaban J connectivity index is 1.49. The molecule has 0 unspecified atom stereocenters. The number of esters is 1.